The first-order valence-electron chi connectivity index (χ1n) is 14.4. The van der Waals surface area contributed by atoms with Crippen LogP contribution in [0.5, 0.6) is 0 Å². The molecule has 0 aliphatic rings. The van der Waals surface area contributed by atoms with Crippen LogP contribution in [-0.2, 0) is 0 Å². The van der Waals surface area contributed by atoms with Gasteiger partial charge in [0.25, 0.3) is 0 Å². The van der Waals surface area contributed by atoms with Gasteiger partial charge in [0, 0.05) is 0 Å². The van der Waals surface area contributed by atoms with Gasteiger partial charge in [0.1, 0.15) is 0 Å². The van der Waals surface area contributed by atoms with Crippen molar-refractivity contribution in [2.75, 3.05) is 0 Å². The van der Waals surface area contributed by atoms with E-state index in [1.54, 1.807) is 35.6 Å². The van der Waals surface area contributed by atoms with Crippen molar-refractivity contribution in [1.29, 1.82) is 0 Å². The van der Waals surface area contributed by atoms with Gasteiger partial charge in [0.05, 0.1) is 0 Å². The molecule has 0 aromatic carbocycles. The van der Waals surface area contributed by atoms with Crippen molar-refractivity contribution in [2.24, 2.45) is 0 Å². The molecule has 0 aromatic rings. The second-order valence-corrected chi connectivity index (χ2v) is 14.3. The Morgan fingerprint density at radius 1 is 0.276 bits per heavy atom. The van der Waals surface area contributed by atoms with Gasteiger partial charge in [0.15, 0.2) is 0 Å². The number of rotatable bonds is 26. The van der Waals surface area contributed by atoms with Crippen LogP contribution in [0.25, 0.3) is 0 Å². The van der Waals surface area contributed by atoms with Gasteiger partial charge < -0.3 is 0 Å². The van der Waals surface area contributed by atoms with E-state index in [0.717, 1.165) is 0 Å². The fourth-order valence-corrected chi connectivity index (χ4v) is 8.27. The molecule has 1 heteroatoms. The molecule has 0 nitrogen and oxygen atoms in total. The summed E-state index contributed by atoms with van der Waals surface area (Å²) in [7, 11) is 0. The quantitative estimate of drug-likeness (QED) is 0.0880. The third-order valence-corrected chi connectivity index (χ3v) is 10.9. The summed E-state index contributed by atoms with van der Waals surface area (Å²) in [4.78, 5) is 3.37. The predicted molar refractivity (Wildman–Crippen MR) is 139 cm³/mol. The van der Waals surface area contributed by atoms with Crippen molar-refractivity contribution in [1.82, 2.24) is 0 Å². The van der Waals surface area contributed by atoms with E-state index >= 15 is 0 Å². The Balaban J connectivity index is 2.97. The summed E-state index contributed by atoms with van der Waals surface area (Å²) in [5.41, 5.74) is 0. The van der Waals surface area contributed by atoms with Crippen molar-refractivity contribution in [3.63, 3.8) is 0 Å². The van der Waals surface area contributed by atoms with E-state index in [2.05, 4.69) is 13.8 Å². The summed E-state index contributed by atoms with van der Waals surface area (Å²) < 4.78 is 0. The first-order valence-corrected chi connectivity index (χ1v) is 18.6. The van der Waals surface area contributed by atoms with Crippen LogP contribution in [0.2, 0.25) is 9.95 Å². The average Bonchev–Trinajstić information content (AvgIpc) is 2.74. The van der Waals surface area contributed by atoms with Crippen molar-refractivity contribution in [2.45, 2.75) is 178 Å². The topological polar surface area (TPSA) is 0 Å². The van der Waals surface area contributed by atoms with Crippen LogP contribution in [0.15, 0.2) is 0 Å². The molecule has 0 rings (SSSR count). The second kappa shape index (κ2) is 28.6. The third-order valence-electron chi connectivity index (χ3n) is 6.71. The van der Waals surface area contributed by atoms with Gasteiger partial charge in [0.2, 0.25) is 0 Å². The summed E-state index contributed by atoms with van der Waals surface area (Å²) >= 11 is -0.125. The molecular formula is C28H59Ga. The first-order chi connectivity index (χ1) is 14.4. The molecule has 0 saturated heterocycles. The molecule has 29 heavy (non-hydrogen) atoms. The zero-order valence-electron chi connectivity index (χ0n) is 21.1. The van der Waals surface area contributed by atoms with Crippen molar-refractivity contribution >= 4 is 17.4 Å². The third kappa shape index (κ3) is 28.6. The van der Waals surface area contributed by atoms with Crippen LogP contribution in [0.1, 0.15) is 168 Å². The van der Waals surface area contributed by atoms with Crippen LogP contribution in [0.4, 0.5) is 0 Å². The van der Waals surface area contributed by atoms with Gasteiger partial charge in [-0.3, -0.25) is 0 Å². The summed E-state index contributed by atoms with van der Waals surface area (Å²) in [6, 6.07) is 0. The van der Waals surface area contributed by atoms with E-state index in [1.165, 1.54) is 128 Å². The number of unbranched alkanes of at least 4 members (excludes halogenated alkanes) is 22. The Labute approximate surface area is 194 Å². The van der Waals surface area contributed by atoms with Gasteiger partial charge >= 0.3 is 169 Å². The molecule has 0 radical (unpaired) electrons. The van der Waals surface area contributed by atoms with Crippen molar-refractivity contribution in [3.05, 3.63) is 0 Å². The zero-order chi connectivity index (χ0) is 21.1. The van der Waals surface area contributed by atoms with Crippen molar-refractivity contribution in [3.8, 4) is 0 Å². The number of hydrogen-bond acceptors (Lipinski definition) is 0. The molecule has 0 fully saturated rings. The fourth-order valence-electron chi connectivity index (χ4n) is 4.57. The minimum atomic E-state index is -0.125. The summed E-state index contributed by atoms with van der Waals surface area (Å²) in [5.74, 6) is 0. The second-order valence-electron chi connectivity index (χ2n) is 9.84. The molecule has 0 heterocycles. The summed E-state index contributed by atoms with van der Waals surface area (Å²) in [6.07, 6.45) is 35.9. The van der Waals surface area contributed by atoms with E-state index in [4.69, 9.17) is 0 Å². The van der Waals surface area contributed by atoms with E-state index < -0.39 is 0 Å². The fraction of sp³-hybridized carbons (Fsp3) is 1.00. The zero-order valence-corrected chi connectivity index (χ0v) is 24.1. The van der Waals surface area contributed by atoms with Gasteiger partial charge in [-0.15, -0.1) is 0 Å². The van der Waals surface area contributed by atoms with Crippen LogP contribution in [-0.4, -0.2) is 17.4 Å². The Morgan fingerprint density at radius 2 is 0.483 bits per heavy atom. The summed E-state index contributed by atoms with van der Waals surface area (Å²) in [5, 5.41) is 0. The number of hydrogen-bond donors (Lipinski definition) is 0. The minimum Gasteiger partial charge on any atom is -0.0654 e. The van der Waals surface area contributed by atoms with Crippen LogP contribution >= 0.6 is 0 Å². The van der Waals surface area contributed by atoms with E-state index in [1.807, 2.05) is 0 Å². The van der Waals surface area contributed by atoms with E-state index in [0.29, 0.717) is 0 Å². The van der Waals surface area contributed by atoms with Gasteiger partial charge in [-0.2, -0.15) is 0 Å². The first kappa shape index (κ1) is 29.6. The van der Waals surface area contributed by atoms with Crippen LogP contribution in [0.3, 0.4) is 0 Å². The SMILES string of the molecule is CCCCCCCCCCCCC[CH2][GaH][CH2]CCCCCCCCCCCCC. The molecule has 0 N–H and O–H groups in total. The molecule has 0 spiro atoms. The van der Waals surface area contributed by atoms with E-state index in [9.17, 15) is 0 Å². The molecule has 0 unspecified atom stereocenters. The Bertz CT molecular complexity index is 237. The van der Waals surface area contributed by atoms with E-state index in [-0.39, 0.29) is 17.4 Å². The monoisotopic (exact) mass is 464 g/mol. The van der Waals surface area contributed by atoms with Gasteiger partial charge in [-0.05, 0) is 0 Å². The maximum atomic E-state index is 2.31. The molecule has 0 aromatic heterocycles. The van der Waals surface area contributed by atoms with Gasteiger partial charge in [-0.25, -0.2) is 0 Å². The maximum absolute atomic E-state index is 2.31. The standard InChI is InChI=1S/2C14H29.Ga.H/c2*1-3-5-7-9-11-13-14-12-10-8-6-4-2;;/h2*1,3-14H2,2H3;;. The minimum absolute atomic E-state index is 0.125. The molecule has 0 atom stereocenters. The Morgan fingerprint density at radius 3 is 0.724 bits per heavy atom. The molecule has 174 valence electrons. The Kier molecular flexibility index (Phi) is 29.3. The average molecular weight is 466 g/mol. The molecular weight excluding hydrogens is 406 g/mol. The molecule has 0 bridgehead atoms. The molecule has 0 aliphatic carbocycles. The summed E-state index contributed by atoms with van der Waals surface area (Å²) in [6.45, 7) is 4.62. The molecule has 0 aliphatic heterocycles. The Hall–Kier alpha value is 0.636. The molecule has 0 amide bonds. The smallest absolute Gasteiger partial charge is 0.0654 e. The predicted octanol–water partition coefficient (Wildman–Crippen LogP) is 10.7. The molecule has 0 saturated carbocycles. The van der Waals surface area contributed by atoms with Crippen LogP contribution in [0, 0.1) is 0 Å². The van der Waals surface area contributed by atoms with Gasteiger partial charge in [-0.1, -0.05) is 26.7 Å². The van der Waals surface area contributed by atoms with Crippen LogP contribution < -0.4 is 0 Å². The van der Waals surface area contributed by atoms with Crippen molar-refractivity contribution < 1.29 is 0 Å². The normalized spacial score (nSPS) is 11.2.